The molecule has 1 heterocycles. The van der Waals surface area contributed by atoms with Crippen LogP contribution in [-0.4, -0.2) is 9.97 Å². The van der Waals surface area contributed by atoms with Crippen LogP contribution in [0.1, 0.15) is 38.2 Å². The molecule has 2 heteroatoms. The van der Waals surface area contributed by atoms with Gasteiger partial charge < -0.3 is 4.98 Å². The first-order valence-corrected chi connectivity index (χ1v) is 4.40. The number of rotatable bonds is 4. The zero-order valence-electron chi connectivity index (χ0n) is 7.35. The van der Waals surface area contributed by atoms with Gasteiger partial charge in [0.2, 0.25) is 0 Å². The molecule has 0 fully saturated rings. The van der Waals surface area contributed by atoms with E-state index < -0.39 is 0 Å². The second-order valence-electron chi connectivity index (χ2n) is 2.84. The highest BCUT2D eigenvalue weighted by molar-refractivity contribution is 5.01. The van der Waals surface area contributed by atoms with Crippen molar-refractivity contribution < 1.29 is 0 Å². The summed E-state index contributed by atoms with van der Waals surface area (Å²) in [5, 5.41) is 0. The maximum atomic E-state index is 4.43. The van der Waals surface area contributed by atoms with Crippen molar-refractivity contribution in [3.05, 3.63) is 17.7 Å². The number of aromatic nitrogens is 2. The summed E-state index contributed by atoms with van der Waals surface area (Å²) >= 11 is 0. The molecule has 0 aromatic carbocycles. The number of aryl methyl sites for hydroxylation is 2. The first-order valence-electron chi connectivity index (χ1n) is 4.40. The Morgan fingerprint density at radius 1 is 1.27 bits per heavy atom. The van der Waals surface area contributed by atoms with E-state index in [0.29, 0.717) is 0 Å². The molecule has 2 nitrogen and oxygen atoms in total. The minimum atomic E-state index is 1.07. The molecule has 0 aliphatic heterocycles. The lowest BCUT2D eigenvalue weighted by atomic mass is 10.3. The normalized spacial score (nSPS) is 10.4. The molecule has 0 spiro atoms. The lowest BCUT2D eigenvalue weighted by Gasteiger charge is -1.89. The number of H-pyrrole nitrogens is 1. The molecule has 1 aromatic rings. The van der Waals surface area contributed by atoms with Crippen molar-refractivity contribution in [3.8, 4) is 0 Å². The molecule has 0 bridgehead atoms. The summed E-state index contributed by atoms with van der Waals surface area (Å²) < 4.78 is 0. The van der Waals surface area contributed by atoms with Crippen LogP contribution in [0.5, 0.6) is 0 Å². The van der Waals surface area contributed by atoms with Crippen LogP contribution in [0.15, 0.2) is 6.20 Å². The average Bonchev–Trinajstić information content (AvgIpc) is 2.38. The molecule has 0 radical (unpaired) electrons. The molecule has 1 aromatic heterocycles. The molecule has 0 saturated heterocycles. The fourth-order valence-corrected chi connectivity index (χ4v) is 1.15. The molecule has 0 saturated carbocycles. The van der Waals surface area contributed by atoms with Crippen LogP contribution < -0.4 is 0 Å². The largest absolute Gasteiger partial charge is 0.348 e. The summed E-state index contributed by atoms with van der Waals surface area (Å²) in [7, 11) is 0. The van der Waals surface area contributed by atoms with Crippen molar-refractivity contribution in [2.75, 3.05) is 0 Å². The van der Waals surface area contributed by atoms with Gasteiger partial charge in [0.05, 0.1) is 5.69 Å². The summed E-state index contributed by atoms with van der Waals surface area (Å²) in [5.41, 5.74) is 1.20. The predicted molar refractivity (Wildman–Crippen MR) is 46.6 cm³/mol. The molecule has 0 aliphatic rings. The van der Waals surface area contributed by atoms with Crippen molar-refractivity contribution in [1.29, 1.82) is 0 Å². The number of imidazole rings is 1. The third-order valence-corrected chi connectivity index (χ3v) is 1.68. The smallest absolute Gasteiger partial charge is 0.106 e. The molecule has 1 rings (SSSR count). The molecule has 62 valence electrons. The van der Waals surface area contributed by atoms with Gasteiger partial charge >= 0.3 is 0 Å². The maximum Gasteiger partial charge on any atom is 0.106 e. The number of nitrogens with zero attached hydrogens (tertiary/aromatic N) is 1. The van der Waals surface area contributed by atoms with Gasteiger partial charge in [-0.15, -0.1) is 0 Å². The van der Waals surface area contributed by atoms with Crippen LogP contribution in [0.2, 0.25) is 0 Å². The SMILES string of the molecule is CCCc1c[nH]c(CCC)n1. The van der Waals surface area contributed by atoms with E-state index in [1.165, 1.54) is 18.5 Å². The van der Waals surface area contributed by atoms with E-state index in [0.717, 1.165) is 18.7 Å². The van der Waals surface area contributed by atoms with Crippen molar-refractivity contribution >= 4 is 0 Å². The fourth-order valence-electron chi connectivity index (χ4n) is 1.15. The summed E-state index contributed by atoms with van der Waals surface area (Å²) in [4.78, 5) is 7.61. The third kappa shape index (κ3) is 2.37. The van der Waals surface area contributed by atoms with Gasteiger partial charge in [-0.3, -0.25) is 0 Å². The number of nitrogens with one attached hydrogen (secondary N) is 1. The highest BCUT2D eigenvalue weighted by Crippen LogP contribution is 2.01. The summed E-state index contributed by atoms with van der Waals surface area (Å²) in [5.74, 6) is 1.14. The minimum absolute atomic E-state index is 1.07. The molecule has 11 heavy (non-hydrogen) atoms. The number of hydrogen-bond donors (Lipinski definition) is 1. The highest BCUT2D eigenvalue weighted by Gasteiger charge is 1.97. The fraction of sp³-hybridized carbons (Fsp3) is 0.667. The van der Waals surface area contributed by atoms with Crippen LogP contribution in [0.25, 0.3) is 0 Å². The zero-order chi connectivity index (χ0) is 8.10. The Labute approximate surface area is 68.0 Å². The molecule has 0 atom stereocenters. The van der Waals surface area contributed by atoms with E-state index in [9.17, 15) is 0 Å². The van der Waals surface area contributed by atoms with E-state index in [2.05, 4.69) is 23.8 Å². The highest BCUT2D eigenvalue weighted by atomic mass is 14.9. The number of aromatic amines is 1. The lowest BCUT2D eigenvalue weighted by Crippen LogP contribution is -1.87. The topological polar surface area (TPSA) is 28.7 Å². The predicted octanol–water partition coefficient (Wildman–Crippen LogP) is 2.31. The third-order valence-electron chi connectivity index (χ3n) is 1.68. The summed E-state index contributed by atoms with van der Waals surface area (Å²) in [6.45, 7) is 4.34. The van der Waals surface area contributed by atoms with Crippen LogP contribution in [0.4, 0.5) is 0 Å². The standard InChI is InChI=1S/C9H16N2/c1-3-5-8-7-10-9(11-8)6-4-2/h7H,3-6H2,1-2H3,(H,10,11). The van der Waals surface area contributed by atoms with E-state index in [1.54, 1.807) is 0 Å². The molecular formula is C9H16N2. The van der Waals surface area contributed by atoms with Crippen molar-refractivity contribution in [3.63, 3.8) is 0 Å². The van der Waals surface area contributed by atoms with Crippen molar-refractivity contribution in [2.24, 2.45) is 0 Å². The lowest BCUT2D eigenvalue weighted by molar-refractivity contribution is 0.836. The Hall–Kier alpha value is -0.790. The summed E-state index contributed by atoms with van der Waals surface area (Å²) in [6.07, 6.45) is 6.54. The van der Waals surface area contributed by atoms with E-state index in [4.69, 9.17) is 0 Å². The Balaban J connectivity index is 2.51. The average molecular weight is 152 g/mol. The first-order chi connectivity index (χ1) is 5.36. The molecule has 1 N–H and O–H groups in total. The van der Waals surface area contributed by atoms with Crippen LogP contribution >= 0.6 is 0 Å². The summed E-state index contributed by atoms with van der Waals surface area (Å²) in [6, 6.07) is 0. The zero-order valence-corrected chi connectivity index (χ0v) is 7.35. The van der Waals surface area contributed by atoms with Gasteiger partial charge in [0.15, 0.2) is 0 Å². The van der Waals surface area contributed by atoms with Gasteiger partial charge in [-0.05, 0) is 12.8 Å². The second-order valence-corrected chi connectivity index (χ2v) is 2.84. The van der Waals surface area contributed by atoms with E-state index in [1.807, 2.05) is 6.20 Å². The quantitative estimate of drug-likeness (QED) is 0.704. The molecule has 0 unspecified atom stereocenters. The van der Waals surface area contributed by atoms with Gasteiger partial charge in [0.25, 0.3) is 0 Å². The van der Waals surface area contributed by atoms with Crippen molar-refractivity contribution in [1.82, 2.24) is 9.97 Å². The minimum Gasteiger partial charge on any atom is -0.348 e. The second kappa shape index (κ2) is 4.16. The molecular weight excluding hydrogens is 136 g/mol. The Morgan fingerprint density at radius 2 is 2.00 bits per heavy atom. The van der Waals surface area contributed by atoms with Crippen LogP contribution in [0.3, 0.4) is 0 Å². The van der Waals surface area contributed by atoms with Gasteiger partial charge in [-0.2, -0.15) is 0 Å². The van der Waals surface area contributed by atoms with E-state index >= 15 is 0 Å². The van der Waals surface area contributed by atoms with Crippen molar-refractivity contribution in [2.45, 2.75) is 39.5 Å². The molecule has 0 aliphatic carbocycles. The van der Waals surface area contributed by atoms with Gasteiger partial charge in [0, 0.05) is 12.6 Å². The number of hydrogen-bond acceptors (Lipinski definition) is 1. The van der Waals surface area contributed by atoms with Crippen LogP contribution in [0, 0.1) is 0 Å². The Kier molecular flexibility index (Phi) is 3.14. The van der Waals surface area contributed by atoms with E-state index in [-0.39, 0.29) is 0 Å². The van der Waals surface area contributed by atoms with Gasteiger partial charge in [-0.25, -0.2) is 4.98 Å². The van der Waals surface area contributed by atoms with Gasteiger partial charge in [-0.1, -0.05) is 20.3 Å². The Bertz CT molecular complexity index is 183. The monoisotopic (exact) mass is 152 g/mol. The van der Waals surface area contributed by atoms with Gasteiger partial charge in [0.1, 0.15) is 5.82 Å². The molecule has 0 amide bonds. The maximum absolute atomic E-state index is 4.43. The Morgan fingerprint density at radius 3 is 2.64 bits per heavy atom. The first kappa shape index (κ1) is 8.31. The van der Waals surface area contributed by atoms with Crippen LogP contribution in [-0.2, 0) is 12.8 Å².